The summed E-state index contributed by atoms with van der Waals surface area (Å²) in [7, 11) is 0. The number of ether oxygens (including phenoxy) is 1. The molecule has 0 fully saturated rings. The van der Waals surface area contributed by atoms with Crippen molar-refractivity contribution in [2.45, 2.75) is 112 Å². The van der Waals surface area contributed by atoms with Crippen molar-refractivity contribution in [2.75, 3.05) is 6.54 Å². The first-order chi connectivity index (χ1) is 16.2. The summed E-state index contributed by atoms with van der Waals surface area (Å²) in [6.07, 6.45) is 1.59. The van der Waals surface area contributed by atoms with Gasteiger partial charge >= 0.3 is 6.09 Å². The fourth-order valence-electron chi connectivity index (χ4n) is 4.32. The van der Waals surface area contributed by atoms with Gasteiger partial charge in [-0.3, -0.25) is 9.59 Å². The zero-order valence-electron chi connectivity index (χ0n) is 23.5. The highest BCUT2D eigenvalue weighted by Gasteiger charge is 2.37. The summed E-state index contributed by atoms with van der Waals surface area (Å²) in [4.78, 5) is 41.8. The summed E-state index contributed by atoms with van der Waals surface area (Å²) in [5.41, 5.74) is 2.03. The smallest absolute Gasteiger partial charge is 0.408 e. The van der Waals surface area contributed by atoms with Crippen LogP contribution in [0.15, 0.2) is 18.2 Å². The van der Waals surface area contributed by atoms with Gasteiger partial charge in [-0.25, -0.2) is 4.79 Å². The number of alkyl carbamates (subject to hydrolysis) is 1. The van der Waals surface area contributed by atoms with E-state index in [1.807, 2.05) is 59.7 Å². The van der Waals surface area contributed by atoms with E-state index in [-0.39, 0.29) is 23.8 Å². The van der Waals surface area contributed by atoms with Crippen molar-refractivity contribution < 1.29 is 19.1 Å². The minimum atomic E-state index is -0.808. The predicted octanol–water partition coefficient (Wildman–Crippen LogP) is 5.44. The van der Waals surface area contributed by atoms with Gasteiger partial charge < -0.3 is 20.3 Å². The van der Waals surface area contributed by atoms with E-state index < -0.39 is 23.8 Å². The zero-order valence-corrected chi connectivity index (χ0v) is 23.5. The molecule has 0 heterocycles. The molecule has 3 amide bonds. The Morgan fingerprint density at radius 1 is 1.00 bits per heavy atom. The second kappa shape index (κ2) is 13.5. The Bertz CT molecular complexity index is 840. The van der Waals surface area contributed by atoms with E-state index in [1.54, 1.807) is 25.7 Å². The quantitative estimate of drug-likeness (QED) is 0.433. The molecule has 0 aliphatic heterocycles. The number of nitrogens with zero attached hydrogens (tertiary/aromatic N) is 1. The van der Waals surface area contributed by atoms with E-state index in [4.69, 9.17) is 4.74 Å². The van der Waals surface area contributed by atoms with Gasteiger partial charge in [-0.15, -0.1) is 0 Å². The highest BCUT2D eigenvalue weighted by atomic mass is 16.6. The Balaban J connectivity index is 3.46. The molecule has 0 aliphatic carbocycles. The van der Waals surface area contributed by atoms with Crippen LogP contribution in [0, 0.1) is 19.8 Å². The highest BCUT2D eigenvalue weighted by Crippen LogP contribution is 2.29. The van der Waals surface area contributed by atoms with Crippen molar-refractivity contribution in [3.63, 3.8) is 0 Å². The summed E-state index contributed by atoms with van der Waals surface area (Å²) >= 11 is 0. The fourth-order valence-corrected chi connectivity index (χ4v) is 4.32. The Morgan fingerprint density at radius 2 is 1.57 bits per heavy atom. The molecular weight excluding hydrogens is 442 g/mol. The molecule has 35 heavy (non-hydrogen) atoms. The molecule has 2 N–H and O–H groups in total. The molecule has 0 saturated carbocycles. The van der Waals surface area contributed by atoms with Crippen molar-refractivity contribution in [1.82, 2.24) is 15.5 Å². The monoisotopic (exact) mass is 489 g/mol. The summed E-state index contributed by atoms with van der Waals surface area (Å²) in [5, 5.41) is 5.88. The van der Waals surface area contributed by atoms with Crippen LogP contribution in [0.1, 0.15) is 97.4 Å². The van der Waals surface area contributed by atoms with Crippen molar-refractivity contribution in [3.05, 3.63) is 34.9 Å². The Labute approximate surface area is 212 Å². The first-order valence-electron chi connectivity index (χ1n) is 12.9. The summed E-state index contributed by atoms with van der Waals surface area (Å²) in [6.45, 7) is 19.5. The van der Waals surface area contributed by atoms with Crippen LogP contribution in [0.4, 0.5) is 4.79 Å². The molecule has 0 aromatic heterocycles. The Kier molecular flexibility index (Phi) is 11.7. The van der Waals surface area contributed by atoms with Gasteiger partial charge in [0.1, 0.15) is 17.7 Å². The molecule has 3 atom stereocenters. The van der Waals surface area contributed by atoms with Crippen molar-refractivity contribution in [3.8, 4) is 0 Å². The van der Waals surface area contributed by atoms with Gasteiger partial charge in [0.25, 0.3) is 0 Å². The molecule has 7 nitrogen and oxygen atoms in total. The normalized spacial score (nSPS) is 14.1. The van der Waals surface area contributed by atoms with Crippen LogP contribution in [-0.2, 0) is 14.3 Å². The number of rotatable bonds is 11. The average Bonchev–Trinajstić information content (AvgIpc) is 2.70. The first-order valence-corrected chi connectivity index (χ1v) is 12.9. The maximum Gasteiger partial charge on any atom is 0.408 e. The Morgan fingerprint density at radius 3 is 2.03 bits per heavy atom. The van der Waals surface area contributed by atoms with Crippen LogP contribution in [0.2, 0.25) is 0 Å². The third-order valence-electron chi connectivity index (χ3n) is 5.81. The number of nitrogens with one attached hydrogen (secondary N) is 2. The van der Waals surface area contributed by atoms with Crippen LogP contribution in [-0.4, -0.2) is 47.0 Å². The lowest BCUT2D eigenvalue weighted by Gasteiger charge is -2.36. The Hall–Kier alpha value is -2.57. The molecule has 0 bridgehead atoms. The number of hydrogen-bond donors (Lipinski definition) is 2. The maximum absolute atomic E-state index is 13.9. The van der Waals surface area contributed by atoms with E-state index in [1.165, 1.54) is 0 Å². The van der Waals surface area contributed by atoms with E-state index in [0.717, 1.165) is 29.5 Å². The lowest BCUT2D eigenvalue weighted by Crippen LogP contribution is -2.54. The van der Waals surface area contributed by atoms with Crippen LogP contribution in [0.5, 0.6) is 0 Å². The summed E-state index contributed by atoms with van der Waals surface area (Å²) < 4.78 is 5.42. The van der Waals surface area contributed by atoms with E-state index in [9.17, 15) is 14.4 Å². The largest absolute Gasteiger partial charge is 0.444 e. The van der Waals surface area contributed by atoms with Crippen molar-refractivity contribution >= 4 is 17.9 Å². The molecule has 0 aliphatic rings. The number of amides is 3. The number of hydrogen-bond acceptors (Lipinski definition) is 4. The van der Waals surface area contributed by atoms with E-state index in [0.29, 0.717) is 13.0 Å². The summed E-state index contributed by atoms with van der Waals surface area (Å²) in [5.74, 6) is -0.355. The number of benzene rings is 1. The van der Waals surface area contributed by atoms with Gasteiger partial charge in [-0.05, 0) is 83.9 Å². The lowest BCUT2D eigenvalue weighted by atomic mass is 9.92. The van der Waals surface area contributed by atoms with Crippen LogP contribution >= 0.6 is 0 Å². The standard InChI is InChI=1S/C28H47N3O4/c1-11-14-21(7)29-25(32)24(23-19(5)15-13-16-20(23)6)31(12-2)26(33)22(17-18(3)4)30-27(34)35-28(8,9)10/h13,15-16,18,21-22,24H,11-12,14,17H2,1-10H3,(H,29,32)(H,30,34). The van der Waals surface area contributed by atoms with Gasteiger partial charge in [-0.1, -0.05) is 45.4 Å². The second-order valence-electron chi connectivity index (χ2n) is 10.9. The van der Waals surface area contributed by atoms with Crippen molar-refractivity contribution in [1.29, 1.82) is 0 Å². The van der Waals surface area contributed by atoms with Gasteiger partial charge in [0.05, 0.1) is 0 Å². The number of aryl methyl sites for hydroxylation is 2. The van der Waals surface area contributed by atoms with Crippen molar-refractivity contribution in [2.24, 2.45) is 5.92 Å². The van der Waals surface area contributed by atoms with Crippen LogP contribution in [0.3, 0.4) is 0 Å². The molecule has 0 radical (unpaired) electrons. The number of carbonyl (C=O) groups excluding carboxylic acids is 3. The fraction of sp³-hybridized carbons (Fsp3) is 0.679. The van der Waals surface area contributed by atoms with Gasteiger partial charge in [-0.2, -0.15) is 0 Å². The van der Waals surface area contributed by atoms with E-state index >= 15 is 0 Å². The topological polar surface area (TPSA) is 87.7 Å². The average molecular weight is 490 g/mol. The molecule has 3 unspecified atom stereocenters. The minimum Gasteiger partial charge on any atom is -0.444 e. The zero-order chi connectivity index (χ0) is 26.9. The third-order valence-corrected chi connectivity index (χ3v) is 5.81. The SMILES string of the molecule is CCCC(C)NC(=O)C(c1c(C)cccc1C)N(CC)C(=O)C(CC(C)C)NC(=O)OC(C)(C)C. The van der Waals surface area contributed by atoms with Gasteiger partial charge in [0, 0.05) is 12.6 Å². The van der Waals surface area contributed by atoms with E-state index in [2.05, 4.69) is 17.6 Å². The molecule has 1 aromatic rings. The maximum atomic E-state index is 13.9. The number of carbonyl (C=O) groups is 3. The minimum absolute atomic E-state index is 0.0144. The van der Waals surface area contributed by atoms with Gasteiger partial charge in [0.2, 0.25) is 11.8 Å². The lowest BCUT2D eigenvalue weighted by molar-refractivity contribution is -0.142. The third kappa shape index (κ3) is 9.54. The predicted molar refractivity (Wildman–Crippen MR) is 141 cm³/mol. The first kappa shape index (κ1) is 30.5. The van der Waals surface area contributed by atoms with Gasteiger partial charge in [0.15, 0.2) is 0 Å². The van der Waals surface area contributed by atoms with Crippen LogP contribution < -0.4 is 10.6 Å². The molecule has 1 rings (SSSR count). The molecule has 1 aromatic carbocycles. The van der Waals surface area contributed by atoms with Crippen LogP contribution in [0.25, 0.3) is 0 Å². The molecule has 0 spiro atoms. The number of likely N-dealkylation sites (N-methyl/N-ethyl adjacent to an activating group) is 1. The summed E-state index contributed by atoms with van der Waals surface area (Å²) in [6, 6.07) is 4.24. The molecule has 0 saturated heterocycles. The highest BCUT2D eigenvalue weighted by molar-refractivity contribution is 5.92. The second-order valence-corrected chi connectivity index (χ2v) is 10.9. The molecular formula is C28H47N3O4. The molecule has 198 valence electrons. The molecule has 7 heteroatoms.